The summed E-state index contributed by atoms with van der Waals surface area (Å²) < 4.78 is 7.17. The lowest BCUT2D eigenvalue weighted by Gasteiger charge is -2.28. The van der Waals surface area contributed by atoms with Crippen molar-refractivity contribution in [2.24, 2.45) is 0 Å². The SMILES string of the molecule is COc1ccc(-n2c(C)cc([C@H]3[C@H](c4ccccn4)NC(=S)N3Cc3ccccc3)c2C)c([N+](=O)[O-])c1. The van der Waals surface area contributed by atoms with Crippen LogP contribution in [0.3, 0.4) is 0 Å². The molecule has 8 nitrogen and oxygen atoms in total. The molecule has 188 valence electrons. The Balaban J connectivity index is 1.65. The molecule has 2 aromatic heterocycles. The molecular weight excluding hydrogens is 486 g/mol. The Hall–Kier alpha value is -4.24. The lowest BCUT2D eigenvalue weighted by molar-refractivity contribution is -0.384. The average molecular weight is 514 g/mol. The Morgan fingerprint density at radius 2 is 1.84 bits per heavy atom. The Morgan fingerprint density at radius 1 is 1.08 bits per heavy atom. The molecule has 9 heteroatoms. The molecule has 0 radical (unpaired) electrons. The van der Waals surface area contributed by atoms with Gasteiger partial charge in [-0.1, -0.05) is 36.4 Å². The van der Waals surface area contributed by atoms with Gasteiger partial charge in [-0.2, -0.15) is 0 Å². The van der Waals surface area contributed by atoms with Crippen LogP contribution in [0.2, 0.25) is 0 Å². The minimum Gasteiger partial charge on any atom is -0.496 e. The summed E-state index contributed by atoms with van der Waals surface area (Å²) in [5.41, 5.74) is 5.31. The Labute approximate surface area is 220 Å². The van der Waals surface area contributed by atoms with Gasteiger partial charge < -0.3 is 19.5 Å². The number of aromatic nitrogens is 2. The molecule has 2 atom stereocenters. The van der Waals surface area contributed by atoms with E-state index in [2.05, 4.69) is 33.4 Å². The number of rotatable bonds is 7. The van der Waals surface area contributed by atoms with Crippen molar-refractivity contribution >= 4 is 23.0 Å². The van der Waals surface area contributed by atoms with Crippen molar-refractivity contribution in [3.63, 3.8) is 0 Å². The maximum absolute atomic E-state index is 12.0. The first-order chi connectivity index (χ1) is 17.9. The van der Waals surface area contributed by atoms with Crippen LogP contribution in [0.25, 0.3) is 5.69 Å². The van der Waals surface area contributed by atoms with E-state index in [4.69, 9.17) is 17.0 Å². The number of nitro groups is 1. The molecule has 0 amide bonds. The molecule has 0 saturated carbocycles. The van der Waals surface area contributed by atoms with Crippen LogP contribution >= 0.6 is 12.2 Å². The third-order valence-corrected chi connectivity index (χ3v) is 7.15. The molecule has 3 heterocycles. The molecule has 0 unspecified atom stereocenters. The van der Waals surface area contributed by atoms with Crippen LogP contribution < -0.4 is 10.1 Å². The van der Waals surface area contributed by atoms with Crippen molar-refractivity contribution in [2.45, 2.75) is 32.5 Å². The highest BCUT2D eigenvalue weighted by molar-refractivity contribution is 7.80. The van der Waals surface area contributed by atoms with E-state index in [9.17, 15) is 10.1 Å². The smallest absolute Gasteiger partial charge is 0.296 e. The fourth-order valence-corrected chi connectivity index (χ4v) is 5.42. The van der Waals surface area contributed by atoms with Gasteiger partial charge in [-0.25, -0.2) is 0 Å². The van der Waals surface area contributed by atoms with Gasteiger partial charge in [-0.05, 0) is 67.5 Å². The quantitative estimate of drug-likeness (QED) is 0.196. The third-order valence-electron chi connectivity index (χ3n) is 6.80. The monoisotopic (exact) mass is 513 g/mol. The first kappa shape index (κ1) is 24.5. The van der Waals surface area contributed by atoms with E-state index >= 15 is 0 Å². The summed E-state index contributed by atoms with van der Waals surface area (Å²) in [6.45, 7) is 4.57. The molecule has 1 aliphatic rings. The minimum absolute atomic E-state index is 0.0183. The van der Waals surface area contributed by atoms with Crippen molar-refractivity contribution in [1.82, 2.24) is 19.8 Å². The fraction of sp³-hybridized carbons (Fsp3) is 0.214. The zero-order valence-corrected chi connectivity index (χ0v) is 21.6. The van der Waals surface area contributed by atoms with Crippen molar-refractivity contribution in [1.29, 1.82) is 0 Å². The highest BCUT2D eigenvalue weighted by Gasteiger charge is 2.41. The summed E-state index contributed by atoms with van der Waals surface area (Å²) in [5, 5.41) is 16.1. The summed E-state index contributed by atoms with van der Waals surface area (Å²) in [6.07, 6.45) is 1.78. The summed E-state index contributed by atoms with van der Waals surface area (Å²) in [7, 11) is 1.50. The number of thiocarbonyl (C=S) groups is 1. The maximum atomic E-state index is 12.0. The molecule has 1 fully saturated rings. The number of nitrogens with zero attached hydrogens (tertiary/aromatic N) is 4. The van der Waals surface area contributed by atoms with Crippen LogP contribution in [0.15, 0.2) is 79.0 Å². The number of hydrogen-bond donors (Lipinski definition) is 1. The van der Waals surface area contributed by atoms with Gasteiger partial charge in [-0.15, -0.1) is 0 Å². The highest BCUT2D eigenvalue weighted by Crippen LogP contribution is 2.43. The lowest BCUT2D eigenvalue weighted by Crippen LogP contribution is -2.29. The number of pyridine rings is 1. The Kier molecular flexibility index (Phi) is 6.62. The number of aryl methyl sites for hydroxylation is 1. The first-order valence-electron chi connectivity index (χ1n) is 11.9. The third kappa shape index (κ3) is 4.53. The van der Waals surface area contributed by atoms with Crippen molar-refractivity contribution in [2.75, 3.05) is 7.11 Å². The average Bonchev–Trinajstić information content (AvgIpc) is 3.39. The number of nitro benzene ring substituents is 1. The zero-order valence-electron chi connectivity index (χ0n) is 20.8. The second-order valence-electron chi connectivity index (χ2n) is 9.01. The van der Waals surface area contributed by atoms with Crippen LogP contribution in [-0.4, -0.2) is 31.6 Å². The van der Waals surface area contributed by atoms with Gasteiger partial charge in [0.2, 0.25) is 0 Å². The molecule has 1 saturated heterocycles. The van der Waals surface area contributed by atoms with E-state index in [1.807, 2.05) is 54.8 Å². The number of nitrogens with one attached hydrogen (secondary N) is 1. The number of methoxy groups -OCH3 is 1. The standard InChI is InChI=1S/C28H27N5O3S/c1-18-15-22(19(2)32(18)24-13-12-21(36-3)16-25(24)33(34)35)27-26(23-11-7-8-14-29-23)30-28(37)31(27)17-20-9-5-4-6-10-20/h4-16,26-27H,17H2,1-3H3,(H,30,37)/t26-,27-/m0/s1. The van der Waals surface area contributed by atoms with Gasteiger partial charge in [0.25, 0.3) is 5.69 Å². The summed E-state index contributed by atoms with van der Waals surface area (Å²) in [4.78, 5) is 18.4. The van der Waals surface area contributed by atoms with Crippen LogP contribution in [0.5, 0.6) is 5.75 Å². The van der Waals surface area contributed by atoms with E-state index in [1.54, 1.807) is 18.3 Å². The van der Waals surface area contributed by atoms with E-state index in [0.717, 1.165) is 28.2 Å². The molecule has 1 N–H and O–H groups in total. The first-order valence-corrected chi connectivity index (χ1v) is 12.3. The van der Waals surface area contributed by atoms with E-state index in [0.29, 0.717) is 23.1 Å². The van der Waals surface area contributed by atoms with Crippen LogP contribution in [0.4, 0.5) is 5.69 Å². The minimum atomic E-state index is -0.374. The Bertz CT molecular complexity index is 1460. The molecule has 0 bridgehead atoms. The van der Waals surface area contributed by atoms with Gasteiger partial charge in [0.1, 0.15) is 11.4 Å². The van der Waals surface area contributed by atoms with Crippen LogP contribution in [-0.2, 0) is 6.54 Å². The molecular formula is C28H27N5O3S. The van der Waals surface area contributed by atoms with Crippen LogP contribution in [0, 0.1) is 24.0 Å². The van der Waals surface area contributed by atoms with Crippen molar-refractivity contribution < 1.29 is 9.66 Å². The van der Waals surface area contributed by atoms with Gasteiger partial charge >= 0.3 is 0 Å². The van der Waals surface area contributed by atoms with Gasteiger partial charge in [-0.3, -0.25) is 15.1 Å². The second kappa shape index (κ2) is 10.0. The van der Waals surface area contributed by atoms with E-state index < -0.39 is 0 Å². The summed E-state index contributed by atoms with van der Waals surface area (Å²) in [5.74, 6) is 0.438. The number of hydrogen-bond acceptors (Lipinski definition) is 5. The van der Waals surface area contributed by atoms with E-state index in [-0.39, 0.29) is 22.7 Å². The topological polar surface area (TPSA) is 85.5 Å². The molecule has 4 aromatic rings. The maximum Gasteiger partial charge on any atom is 0.296 e. The molecule has 5 rings (SSSR count). The van der Waals surface area contributed by atoms with Gasteiger partial charge in [0.05, 0.1) is 35.9 Å². The molecule has 2 aromatic carbocycles. The lowest BCUT2D eigenvalue weighted by atomic mass is 9.96. The zero-order chi connectivity index (χ0) is 26.1. The molecule has 0 aliphatic carbocycles. The molecule has 37 heavy (non-hydrogen) atoms. The number of benzene rings is 2. The highest BCUT2D eigenvalue weighted by atomic mass is 32.1. The second-order valence-corrected chi connectivity index (χ2v) is 9.40. The predicted octanol–water partition coefficient (Wildman–Crippen LogP) is 5.58. The normalized spacial score (nSPS) is 17.1. The Morgan fingerprint density at radius 3 is 2.51 bits per heavy atom. The molecule has 0 spiro atoms. The summed E-state index contributed by atoms with van der Waals surface area (Å²) >= 11 is 5.83. The van der Waals surface area contributed by atoms with Gasteiger partial charge in [0, 0.05) is 24.1 Å². The van der Waals surface area contributed by atoms with Crippen LogP contribution in [0.1, 0.15) is 40.3 Å². The number of ether oxygens (including phenoxy) is 1. The van der Waals surface area contributed by atoms with E-state index in [1.165, 1.54) is 13.2 Å². The molecule has 1 aliphatic heterocycles. The van der Waals surface area contributed by atoms with Crippen molar-refractivity contribution in [3.05, 3.63) is 117 Å². The summed E-state index contributed by atoms with van der Waals surface area (Å²) in [6, 6.07) is 22.7. The van der Waals surface area contributed by atoms with Crippen molar-refractivity contribution in [3.8, 4) is 11.4 Å². The fourth-order valence-electron chi connectivity index (χ4n) is 5.12. The largest absolute Gasteiger partial charge is 0.496 e. The predicted molar refractivity (Wildman–Crippen MR) is 146 cm³/mol. The van der Waals surface area contributed by atoms with Gasteiger partial charge in [0.15, 0.2) is 5.11 Å².